The van der Waals surface area contributed by atoms with Gasteiger partial charge in [-0.15, -0.1) is 11.8 Å². The smallest absolute Gasteiger partial charge is 0.0666 e. The predicted octanol–water partition coefficient (Wildman–Crippen LogP) is 1.99. The van der Waals surface area contributed by atoms with Gasteiger partial charge in [0.25, 0.3) is 0 Å². The van der Waals surface area contributed by atoms with Crippen molar-refractivity contribution in [3.8, 4) is 0 Å². The highest BCUT2D eigenvalue weighted by Crippen LogP contribution is 2.37. The molecule has 3 atom stereocenters. The van der Waals surface area contributed by atoms with Crippen LogP contribution in [-0.2, 0) is 4.74 Å². The van der Waals surface area contributed by atoms with Crippen molar-refractivity contribution in [3.63, 3.8) is 0 Å². The molecule has 2 rings (SSSR count). The minimum Gasteiger partial charge on any atom is -0.377 e. The van der Waals surface area contributed by atoms with E-state index in [-0.39, 0.29) is 0 Å². The summed E-state index contributed by atoms with van der Waals surface area (Å²) in [6.45, 7) is 3.69. The fourth-order valence-corrected chi connectivity index (χ4v) is 3.33. The zero-order chi connectivity index (χ0) is 11.4. The molecule has 1 aromatic rings. The first-order valence-electron chi connectivity index (χ1n) is 5.68. The number of nitrogens with two attached hydrogens (primary N) is 1. The number of thioether (sulfide) groups is 1. The Labute approximate surface area is 101 Å². The molecule has 1 aliphatic rings. The van der Waals surface area contributed by atoms with Gasteiger partial charge in [-0.1, -0.05) is 0 Å². The van der Waals surface area contributed by atoms with E-state index < -0.39 is 0 Å². The first-order chi connectivity index (χ1) is 7.81. The molecule has 3 unspecified atom stereocenters. The lowest BCUT2D eigenvalue weighted by Gasteiger charge is -2.21. The van der Waals surface area contributed by atoms with Crippen molar-refractivity contribution in [2.24, 2.45) is 5.73 Å². The second kappa shape index (κ2) is 5.66. The van der Waals surface area contributed by atoms with E-state index in [1.54, 1.807) is 0 Å². The van der Waals surface area contributed by atoms with Gasteiger partial charge in [0, 0.05) is 36.0 Å². The van der Waals surface area contributed by atoms with Crippen LogP contribution in [0.25, 0.3) is 0 Å². The number of rotatable bonds is 4. The molecule has 88 valence electrons. The summed E-state index contributed by atoms with van der Waals surface area (Å²) < 4.78 is 5.57. The topological polar surface area (TPSA) is 48.1 Å². The van der Waals surface area contributed by atoms with Crippen LogP contribution in [0.4, 0.5) is 0 Å². The van der Waals surface area contributed by atoms with Crippen LogP contribution < -0.4 is 5.73 Å². The monoisotopic (exact) mass is 238 g/mol. The summed E-state index contributed by atoms with van der Waals surface area (Å²) in [7, 11) is 0. The van der Waals surface area contributed by atoms with Crippen molar-refractivity contribution in [3.05, 3.63) is 30.1 Å². The summed E-state index contributed by atoms with van der Waals surface area (Å²) in [5, 5.41) is 0.930. The van der Waals surface area contributed by atoms with E-state index >= 15 is 0 Å². The average Bonchev–Trinajstić information content (AvgIpc) is 2.73. The maximum Gasteiger partial charge on any atom is 0.0666 e. The number of nitrogens with zero attached hydrogens (tertiary/aromatic N) is 1. The molecule has 1 fully saturated rings. The Balaban J connectivity index is 2.00. The molecule has 0 amide bonds. The third-order valence-electron chi connectivity index (χ3n) is 2.94. The summed E-state index contributed by atoms with van der Waals surface area (Å²) in [5.74, 6) is 0. The highest BCUT2D eigenvalue weighted by molar-refractivity contribution is 8.00. The molecular weight excluding hydrogens is 220 g/mol. The van der Waals surface area contributed by atoms with Gasteiger partial charge in [0.1, 0.15) is 0 Å². The Morgan fingerprint density at radius 2 is 2.31 bits per heavy atom. The van der Waals surface area contributed by atoms with Crippen LogP contribution in [0.15, 0.2) is 24.5 Å². The first-order valence-corrected chi connectivity index (χ1v) is 6.62. The van der Waals surface area contributed by atoms with Gasteiger partial charge in [0.05, 0.1) is 6.10 Å². The molecule has 0 aliphatic carbocycles. The van der Waals surface area contributed by atoms with Gasteiger partial charge in [-0.3, -0.25) is 4.98 Å². The zero-order valence-electron chi connectivity index (χ0n) is 9.50. The Kier molecular flexibility index (Phi) is 4.21. The van der Waals surface area contributed by atoms with Crippen molar-refractivity contribution < 1.29 is 4.74 Å². The summed E-state index contributed by atoms with van der Waals surface area (Å²) in [6.07, 6.45) is 5.13. The standard InChI is InChI=1S/C12H18N2OS/c1-9-11(4-7-15-9)16-12(8-13)10-2-5-14-6-3-10/h2-3,5-6,9,11-12H,4,7-8,13H2,1H3. The quantitative estimate of drug-likeness (QED) is 0.871. The second-order valence-corrected chi connectivity index (χ2v) is 5.49. The highest BCUT2D eigenvalue weighted by Gasteiger charge is 2.27. The van der Waals surface area contributed by atoms with E-state index in [4.69, 9.17) is 10.5 Å². The van der Waals surface area contributed by atoms with Gasteiger partial charge >= 0.3 is 0 Å². The third kappa shape index (κ3) is 2.75. The van der Waals surface area contributed by atoms with E-state index in [1.165, 1.54) is 5.56 Å². The number of aromatic nitrogens is 1. The van der Waals surface area contributed by atoms with Crippen LogP contribution in [0.5, 0.6) is 0 Å². The van der Waals surface area contributed by atoms with Crippen molar-refractivity contribution in [2.75, 3.05) is 13.2 Å². The molecule has 2 heterocycles. The van der Waals surface area contributed by atoms with Gasteiger partial charge < -0.3 is 10.5 Å². The van der Waals surface area contributed by atoms with E-state index in [9.17, 15) is 0 Å². The molecule has 0 radical (unpaired) electrons. The molecule has 3 nitrogen and oxygen atoms in total. The fourth-order valence-electron chi connectivity index (χ4n) is 1.95. The van der Waals surface area contributed by atoms with Crippen LogP contribution in [0.2, 0.25) is 0 Å². The van der Waals surface area contributed by atoms with Crippen molar-refractivity contribution >= 4 is 11.8 Å². The number of hydrogen-bond donors (Lipinski definition) is 1. The molecule has 0 aromatic carbocycles. The molecular formula is C12H18N2OS. The number of hydrogen-bond acceptors (Lipinski definition) is 4. The van der Waals surface area contributed by atoms with Gasteiger partial charge in [-0.25, -0.2) is 0 Å². The number of pyridine rings is 1. The SMILES string of the molecule is CC1OCCC1SC(CN)c1ccncc1. The molecule has 0 bridgehead atoms. The number of ether oxygens (including phenoxy) is 1. The van der Waals surface area contributed by atoms with E-state index in [0.717, 1.165) is 13.0 Å². The third-order valence-corrected chi connectivity index (χ3v) is 4.70. The van der Waals surface area contributed by atoms with Gasteiger partial charge in [0.2, 0.25) is 0 Å². The highest BCUT2D eigenvalue weighted by atomic mass is 32.2. The molecule has 2 N–H and O–H groups in total. The fraction of sp³-hybridized carbons (Fsp3) is 0.583. The molecule has 0 saturated carbocycles. The van der Waals surface area contributed by atoms with E-state index in [2.05, 4.69) is 11.9 Å². The zero-order valence-corrected chi connectivity index (χ0v) is 10.3. The van der Waals surface area contributed by atoms with Crippen molar-refractivity contribution in [1.29, 1.82) is 0 Å². The Hall–Kier alpha value is -0.580. The second-order valence-electron chi connectivity index (χ2n) is 4.04. The molecule has 4 heteroatoms. The Morgan fingerprint density at radius 1 is 1.56 bits per heavy atom. The summed E-state index contributed by atoms with van der Waals surface area (Å²) in [4.78, 5) is 4.03. The largest absolute Gasteiger partial charge is 0.377 e. The molecule has 16 heavy (non-hydrogen) atoms. The minimum absolute atomic E-state index is 0.348. The van der Waals surface area contributed by atoms with E-state index in [1.807, 2.05) is 36.3 Å². The van der Waals surface area contributed by atoms with Crippen LogP contribution in [0, 0.1) is 0 Å². The van der Waals surface area contributed by atoms with Gasteiger partial charge in [0.15, 0.2) is 0 Å². The van der Waals surface area contributed by atoms with Crippen LogP contribution in [0.3, 0.4) is 0 Å². The Morgan fingerprint density at radius 3 is 2.88 bits per heavy atom. The summed E-state index contributed by atoms with van der Waals surface area (Å²) >= 11 is 1.94. The lowest BCUT2D eigenvalue weighted by molar-refractivity contribution is 0.127. The first kappa shape index (κ1) is 11.9. The predicted molar refractivity (Wildman–Crippen MR) is 67.4 cm³/mol. The molecule has 1 saturated heterocycles. The maximum atomic E-state index is 5.85. The summed E-state index contributed by atoms with van der Waals surface area (Å²) in [5.41, 5.74) is 7.11. The van der Waals surface area contributed by atoms with Crippen LogP contribution in [-0.4, -0.2) is 29.5 Å². The Bertz CT molecular complexity index is 320. The van der Waals surface area contributed by atoms with Crippen LogP contribution >= 0.6 is 11.8 Å². The molecule has 0 spiro atoms. The van der Waals surface area contributed by atoms with Gasteiger partial charge in [-0.05, 0) is 31.0 Å². The molecule has 1 aromatic heterocycles. The minimum atomic E-state index is 0.348. The average molecular weight is 238 g/mol. The maximum absolute atomic E-state index is 5.85. The molecule has 1 aliphatic heterocycles. The summed E-state index contributed by atoms with van der Waals surface area (Å²) in [6, 6.07) is 4.09. The van der Waals surface area contributed by atoms with Crippen molar-refractivity contribution in [2.45, 2.75) is 29.9 Å². The lowest BCUT2D eigenvalue weighted by atomic mass is 10.2. The lowest BCUT2D eigenvalue weighted by Crippen LogP contribution is -2.19. The van der Waals surface area contributed by atoms with E-state index in [0.29, 0.717) is 23.1 Å². The van der Waals surface area contributed by atoms with Crippen LogP contribution in [0.1, 0.15) is 24.2 Å². The van der Waals surface area contributed by atoms with Gasteiger partial charge in [-0.2, -0.15) is 0 Å². The van der Waals surface area contributed by atoms with Crippen molar-refractivity contribution in [1.82, 2.24) is 4.98 Å². The normalized spacial score (nSPS) is 26.9.